The van der Waals surface area contributed by atoms with Gasteiger partial charge in [-0.2, -0.15) is 0 Å². The third-order valence-electron chi connectivity index (χ3n) is 2.26. The van der Waals surface area contributed by atoms with Crippen molar-refractivity contribution >= 4 is 23.0 Å². The van der Waals surface area contributed by atoms with Crippen molar-refractivity contribution in [3.63, 3.8) is 0 Å². The summed E-state index contributed by atoms with van der Waals surface area (Å²) in [5.74, 6) is 0. The lowest BCUT2D eigenvalue weighted by Gasteiger charge is -2.21. The molecule has 0 aromatic heterocycles. The molecule has 0 radical (unpaired) electrons. The van der Waals surface area contributed by atoms with Gasteiger partial charge in [0.25, 0.3) is 5.69 Å². The highest BCUT2D eigenvalue weighted by Crippen LogP contribution is 2.30. The zero-order valence-corrected chi connectivity index (χ0v) is 9.78. The summed E-state index contributed by atoms with van der Waals surface area (Å²) in [7, 11) is 0. The summed E-state index contributed by atoms with van der Waals surface area (Å²) in [6.45, 7) is 3.63. The topological polar surface area (TPSA) is 72.4 Å². The lowest BCUT2D eigenvalue weighted by Crippen LogP contribution is -2.29. The lowest BCUT2D eigenvalue weighted by molar-refractivity contribution is -0.384. The fourth-order valence-electron chi connectivity index (χ4n) is 1.51. The molecule has 0 aliphatic carbocycles. The highest BCUT2D eigenvalue weighted by Gasteiger charge is 2.18. The van der Waals surface area contributed by atoms with Gasteiger partial charge in [0.1, 0.15) is 5.69 Å². The van der Waals surface area contributed by atoms with Crippen molar-refractivity contribution in [2.24, 2.45) is 5.73 Å². The number of benzene rings is 1. The zero-order chi connectivity index (χ0) is 12.1. The van der Waals surface area contributed by atoms with E-state index in [9.17, 15) is 10.1 Å². The largest absolute Gasteiger partial charge is 0.365 e. The van der Waals surface area contributed by atoms with E-state index in [4.69, 9.17) is 17.3 Å². The molecule has 16 heavy (non-hydrogen) atoms. The average Bonchev–Trinajstić information content (AvgIpc) is 2.26. The predicted molar refractivity (Wildman–Crippen MR) is 65.0 cm³/mol. The van der Waals surface area contributed by atoms with E-state index < -0.39 is 4.92 Å². The molecule has 0 heterocycles. The summed E-state index contributed by atoms with van der Waals surface area (Å²) < 4.78 is 0. The van der Waals surface area contributed by atoms with E-state index in [-0.39, 0.29) is 5.69 Å². The lowest BCUT2D eigenvalue weighted by atomic mass is 10.2. The number of anilines is 1. The second-order valence-electron chi connectivity index (χ2n) is 3.26. The SMILES string of the molecule is CCN(CCN)c1ccc(Cl)cc1[N+](=O)[O-]. The van der Waals surface area contributed by atoms with E-state index in [0.29, 0.717) is 30.3 Å². The van der Waals surface area contributed by atoms with E-state index >= 15 is 0 Å². The molecule has 6 heteroatoms. The number of nitrogens with two attached hydrogens (primary N) is 1. The second kappa shape index (κ2) is 5.67. The molecule has 88 valence electrons. The Kier molecular flexibility index (Phi) is 4.52. The number of hydrogen-bond donors (Lipinski definition) is 1. The molecule has 0 aliphatic heterocycles. The molecule has 0 saturated heterocycles. The van der Waals surface area contributed by atoms with Crippen molar-refractivity contribution in [2.45, 2.75) is 6.92 Å². The number of nitrogens with zero attached hydrogens (tertiary/aromatic N) is 2. The maximum atomic E-state index is 10.9. The molecule has 2 N–H and O–H groups in total. The monoisotopic (exact) mass is 243 g/mol. The minimum absolute atomic E-state index is 0.0165. The molecule has 0 atom stereocenters. The standard InChI is InChI=1S/C10H14ClN3O2/c1-2-13(6-5-12)9-4-3-8(11)7-10(9)14(15)16/h3-4,7H,2,5-6,12H2,1H3. The van der Waals surface area contributed by atoms with Gasteiger partial charge in [0.2, 0.25) is 0 Å². The van der Waals surface area contributed by atoms with Crippen LogP contribution in [0.2, 0.25) is 5.02 Å². The van der Waals surface area contributed by atoms with Gasteiger partial charge in [0.05, 0.1) is 4.92 Å². The Balaban J connectivity index is 3.14. The molecule has 0 spiro atoms. The first-order valence-electron chi connectivity index (χ1n) is 4.99. The Morgan fingerprint density at radius 2 is 2.25 bits per heavy atom. The van der Waals surface area contributed by atoms with Gasteiger partial charge in [-0.3, -0.25) is 10.1 Å². The maximum Gasteiger partial charge on any atom is 0.294 e. The molecule has 0 fully saturated rings. The van der Waals surface area contributed by atoms with Gasteiger partial charge in [-0.1, -0.05) is 11.6 Å². The molecule has 0 unspecified atom stereocenters. The van der Waals surface area contributed by atoms with Gasteiger partial charge in [-0.15, -0.1) is 0 Å². The third kappa shape index (κ3) is 2.84. The Morgan fingerprint density at radius 1 is 1.56 bits per heavy atom. The van der Waals surface area contributed by atoms with Crippen LogP contribution in [0.3, 0.4) is 0 Å². The summed E-state index contributed by atoms with van der Waals surface area (Å²) in [6.07, 6.45) is 0. The van der Waals surface area contributed by atoms with Crippen LogP contribution in [0.5, 0.6) is 0 Å². The minimum Gasteiger partial charge on any atom is -0.365 e. The molecular weight excluding hydrogens is 230 g/mol. The van der Waals surface area contributed by atoms with Crippen molar-refractivity contribution in [2.75, 3.05) is 24.5 Å². The Labute approximate surface area is 98.9 Å². The predicted octanol–water partition coefficient (Wildman–Crippen LogP) is 2.03. The molecule has 1 aromatic rings. The van der Waals surface area contributed by atoms with Gasteiger partial charge in [-0.05, 0) is 19.1 Å². The van der Waals surface area contributed by atoms with Crippen LogP contribution in [0.4, 0.5) is 11.4 Å². The summed E-state index contributed by atoms with van der Waals surface area (Å²) in [6, 6.07) is 4.65. The van der Waals surface area contributed by atoms with Gasteiger partial charge in [-0.25, -0.2) is 0 Å². The number of halogens is 1. The number of rotatable bonds is 5. The van der Waals surface area contributed by atoms with Crippen LogP contribution in [0.15, 0.2) is 18.2 Å². The van der Waals surface area contributed by atoms with E-state index in [1.165, 1.54) is 6.07 Å². The van der Waals surface area contributed by atoms with Crippen molar-refractivity contribution in [1.82, 2.24) is 0 Å². The quantitative estimate of drug-likeness (QED) is 0.634. The van der Waals surface area contributed by atoms with E-state index in [2.05, 4.69) is 0 Å². The van der Waals surface area contributed by atoms with Gasteiger partial charge >= 0.3 is 0 Å². The Bertz CT molecular complexity index is 384. The van der Waals surface area contributed by atoms with E-state index in [1.54, 1.807) is 12.1 Å². The van der Waals surface area contributed by atoms with Crippen LogP contribution in [-0.4, -0.2) is 24.6 Å². The molecule has 0 aliphatic rings. The second-order valence-corrected chi connectivity index (χ2v) is 3.69. The van der Waals surface area contributed by atoms with Crippen LogP contribution in [0.25, 0.3) is 0 Å². The average molecular weight is 244 g/mol. The van der Waals surface area contributed by atoms with E-state index in [1.807, 2.05) is 11.8 Å². The smallest absolute Gasteiger partial charge is 0.294 e. The normalized spacial score (nSPS) is 10.2. The third-order valence-corrected chi connectivity index (χ3v) is 2.49. The number of hydrogen-bond acceptors (Lipinski definition) is 4. The number of nitro benzene ring substituents is 1. The molecule has 0 amide bonds. The van der Waals surface area contributed by atoms with Gasteiger partial charge in [0.15, 0.2) is 0 Å². The molecule has 5 nitrogen and oxygen atoms in total. The highest BCUT2D eigenvalue weighted by molar-refractivity contribution is 6.30. The van der Waals surface area contributed by atoms with Gasteiger partial charge < -0.3 is 10.6 Å². The fourth-order valence-corrected chi connectivity index (χ4v) is 1.68. The zero-order valence-electron chi connectivity index (χ0n) is 9.02. The van der Waals surface area contributed by atoms with Gasteiger partial charge in [0, 0.05) is 30.7 Å². The fraction of sp³-hybridized carbons (Fsp3) is 0.400. The van der Waals surface area contributed by atoms with Crippen molar-refractivity contribution in [1.29, 1.82) is 0 Å². The summed E-state index contributed by atoms with van der Waals surface area (Å²) >= 11 is 5.74. The first-order chi connectivity index (χ1) is 7.60. The summed E-state index contributed by atoms with van der Waals surface area (Å²) in [5, 5.41) is 11.2. The van der Waals surface area contributed by atoms with Crippen LogP contribution >= 0.6 is 11.6 Å². The molecule has 0 bridgehead atoms. The van der Waals surface area contributed by atoms with Crippen LogP contribution in [0, 0.1) is 10.1 Å². The maximum absolute atomic E-state index is 10.9. The molecule has 1 aromatic carbocycles. The summed E-state index contributed by atoms with van der Waals surface area (Å²) in [4.78, 5) is 12.3. The van der Waals surface area contributed by atoms with Crippen LogP contribution in [-0.2, 0) is 0 Å². The number of nitro groups is 1. The Hall–Kier alpha value is -1.33. The van der Waals surface area contributed by atoms with Crippen molar-refractivity contribution in [3.05, 3.63) is 33.3 Å². The first kappa shape index (κ1) is 12.7. The first-order valence-corrected chi connectivity index (χ1v) is 5.37. The van der Waals surface area contributed by atoms with Crippen molar-refractivity contribution in [3.8, 4) is 0 Å². The van der Waals surface area contributed by atoms with Crippen LogP contribution < -0.4 is 10.6 Å². The highest BCUT2D eigenvalue weighted by atomic mass is 35.5. The molecule has 1 rings (SSSR count). The van der Waals surface area contributed by atoms with E-state index in [0.717, 1.165) is 0 Å². The number of likely N-dealkylation sites (N-methyl/N-ethyl adjacent to an activating group) is 1. The Morgan fingerprint density at radius 3 is 2.75 bits per heavy atom. The molecular formula is C10H14ClN3O2. The minimum atomic E-state index is -0.430. The summed E-state index contributed by atoms with van der Waals surface area (Å²) in [5.41, 5.74) is 6.04. The van der Waals surface area contributed by atoms with Crippen LogP contribution in [0.1, 0.15) is 6.92 Å². The van der Waals surface area contributed by atoms with Crippen molar-refractivity contribution < 1.29 is 4.92 Å². The molecule has 0 saturated carbocycles.